The molecule has 2 heterocycles. The highest BCUT2D eigenvalue weighted by Gasteiger charge is 2.12. The van der Waals surface area contributed by atoms with Gasteiger partial charge in [0.15, 0.2) is 5.58 Å². The van der Waals surface area contributed by atoms with E-state index in [-0.39, 0.29) is 5.41 Å². The van der Waals surface area contributed by atoms with Crippen LogP contribution in [-0.2, 0) is 6.42 Å². The molecule has 0 amide bonds. The van der Waals surface area contributed by atoms with Crippen LogP contribution in [0.1, 0.15) is 26.3 Å². The molecule has 74 valence electrons. The van der Waals surface area contributed by atoms with Crippen molar-refractivity contribution in [1.29, 1.82) is 0 Å². The second kappa shape index (κ2) is 3.08. The Labute approximate surface area is 83.1 Å². The number of fused-ring (bicyclic) bond motifs is 1. The van der Waals surface area contributed by atoms with Crippen LogP contribution in [0.5, 0.6) is 0 Å². The van der Waals surface area contributed by atoms with Gasteiger partial charge in [0.25, 0.3) is 0 Å². The van der Waals surface area contributed by atoms with Gasteiger partial charge in [-0.05, 0) is 23.5 Å². The van der Waals surface area contributed by atoms with Crippen LogP contribution in [0.3, 0.4) is 0 Å². The van der Waals surface area contributed by atoms with Gasteiger partial charge in [-0.3, -0.25) is 4.98 Å². The lowest BCUT2D eigenvalue weighted by atomic mass is 9.89. The lowest BCUT2D eigenvalue weighted by molar-refractivity contribution is 0.410. The maximum atomic E-state index is 5.06. The van der Waals surface area contributed by atoms with Crippen LogP contribution >= 0.6 is 0 Å². The lowest BCUT2D eigenvalue weighted by Crippen LogP contribution is -2.09. The van der Waals surface area contributed by atoms with Gasteiger partial charge in [0, 0.05) is 6.20 Å². The summed E-state index contributed by atoms with van der Waals surface area (Å²) in [6.45, 7) is 6.62. The number of pyridine rings is 1. The van der Waals surface area contributed by atoms with Crippen molar-refractivity contribution in [2.45, 2.75) is 27.2 Å². The molecular formula is C11H14N2O. The first-order valence-electron chi connectivity index (χ1n) is 4.74. The number of hydrogen-bond donors (Lipinski definition) is 0. The predicted molar refractivity (Wildman–Crippen MR) is 55.0 cm³/mol. The Morgan fingerprint density at radius 1 is 1.29 bits per heavy atom. The van der Waals surface area contributed by atoms with Crippen LogP contribution in [0.15, 0.2) is 23.0 Å². The van der Waals surface area contributed by atoms with Crippen LogP contribution in [0.25, 0.3) is 11.1 Å². The fraction of sp³-hybridized carbons (Fsp3) is 0.455. The van der Waals surface area contributed by atoms with Gasteiger partial charge in [0.1, 0.15) is 5.52 Å². The van der Waals surface area contributed by atoms with E-state index in [1.807, 2.05) is 12.3 Å². The van der Waals surface area contributed by atoms with Crippen molar-refractivity contribution in [2.75, 3.05) is 0 Å². The SMILES string of the molecule is CC(C)(C)Cc1cnc2cnoc2c1. The van der Waals surface area contributed by atoms with Gasteiger partial charge >= 0.3 is 0 Å². The molecule has 0 spiro atoms. The van der Waals surface area contributed by atoms with Crippen molar-refractivity contribution in [3.8, 4) is 0 Å². The van der Waals surface area contributed by atoms with Gasteiger partial charge in [-0.2, -0.15) is 0 Å². The van der Waals surface area contributed by atoms with E-state index >= 15 is 0 Å². The van der Waals surface area contributed by atoms with Crippen molar-refractivity contribution < 1.29 is 4.52 Å². The van der Waals surface area contributed by atoms with Crippen molar-refractivity contribution in [2.24, 2.45) is 5.41 Å². The second-order valence-corrected chi connectivity index (χ2v) is 4.79. The zero-order chi connectivity index (χ0) is 10.2. The highest BCUT2D eigenvalue weighted by molar-refractivity contribution is 5.71. The van der Waals surface area contributed by atoms with Crippen molar-refractivity contribution in [1.82, 2.24) is 10.1 Å². The third-order valence-electron chi connectivity index (χ3n) is 2.00. The van der Waals surface area contributed by atoms with Crippen molar-refractivity contribution in [3.63, 3.8) is 0 Å². The number of hydrogen-bond acceptors (Lipinski definition) is 3. The maximum Gasteiger partial charge on any atom is 0.185 e. The van der Waals surface area contributed by atoms with E-state index < -0.39 is 0 Å². The van der Waals surface area contributed by atoms with Gasteiger partial charge in [0.2, 0.25) is 0 Å². The van der Waals surface area contributed by atoms with Crippen LogP contribution in [0.2, 0.25) is 0 Å². The minimum atomic E-state index is 0.273. The molecule has 2 rings (SSSR count). The number of nitrogens with zero attached hydrogens (tertiary/aromatic N) is 2. The standard InChI is InChI=1S/C11H14N2O/c1-11(2,3)5-8-4-10-9(12-6-8)7-13-14-10/h4,6-7H,5H2,1-3H3. The quantitative estimate of drug-likeness (QED) is 0.694. The normalized spacial score (nSPS) is 12.2. The van der Waals surface area contributed by atoms with E-state index in [1.165, 1.54) is 5.56 Å². The average molecular weight is 190 g/mol. The van der Waals surface area contributed by atoms with Gasteiger partial charge in [0.05, 0.1) is 6.20 Å². The summed E-state index contributed by atoms with van der Waals surface area (Å²) in [4.78, 5) is 4.27. The summed E-state index contributed by atoms with van der Waals surface area (Å²) in [5, 5.41) is 3.70. The smallest absolute Gasteiger partial charge is 0.185 e. The minimum absolute atomic E-state index is 0.273. The average Bonchev–Trinajstić information content (AvgIpc) is 2.47. The van der Waals surface area contributed by atoms with Gasteiger partial charge in [-0.1, -0.05) is 25.9 Å². The lowest BCUT2D eigenvalue weighted by Gasteiger charge is -2.17. The zero-order valence-electron chi connectivity index (χ0n) is 8.74. The summed E-state index contributed by atoms with van der Waals surface area (Å²) >= 11 is 0. The van der Waals surface area contributed by atoms with E-state index in [0.29, 0.717) is 0 Å². The Bertz CT molecular complexity index is 440. The van der Waals surface area contributed by atoms with Crippen molar-refractivity contribution in [3.05, 3.63) is 24.0 Å². The summed E-state index contributed by atoms with van der Waals surface area (Å²) in [6, 6.07) is 2.01. The topological polar surface area (TPSA) is 38.9 Å². The fourth-order valence-corrected chi connectivity index (χ4v) is 1.51. The van der Waals surface area contributed by atoms with Crippen LogP contribution in [0.4, 0.5) is 0 Å². The molecule has 0 aliphatic carbocycles. The Hall–Kier alpha value is -1.38. The van der Waals surface area contributed by atoms with Gasteiger partial charge in [-0.15, -0.1) is 0 Å². The molecule has 0 atom stereocenters. The Morgan fingerprint density at radius 3 is 2.79 bits per heavy atom. The molecule has 0 saturated carbocycles. The van der Waals surface area contributed by atoms with Crippen LogP contribution in [0, 0.1) is 5.41 Å². The van der Waals surface area contributed by atoms with E-state index in [1.54, 1.807) is 6.20 Å². The Kier molecular flexibility index (Phi) is 2.02. The highest BCUT2D eigenvalue weighted by atomic mass is 16.5. The first-order valence-corrected chi connectivity index (χ1v) is 4.74. The Balaban J connectivity index is 2.35. The molecule has 14 heavy (non-hydrogen) atoms. The molecule has 0 aliphatic heterocycles. The molecule has 0 N–H and O–H groups in total. The fourth-order valence-electron chi connectivity index (χ4n) is 1.51. The predicted octanol–water partition coefficient (Wildman–Crippen LogP) is 2.81. The molecule has 2 aromatic heterocycles. The minimum Gasteiger partial charge on any atom is -0.355 e. The number of aromatic nitrogens is 2. The number of rotatable bonds is 1. The Morgan fingerprint density at radius 2 is 2.07 bits per heavy atom. The monoisotopic (exact) mass is 190 g/mol. The second-order valence-electron chi connectivity index (χ2n) is 4.79. The molecule has 0 radical (unpaired) electrons. The van der Waals surface area contributed by atoms with Crippen LogP contribution in [-0.4, -0.2) is 10.1 Å². The largest absolute Gasteiger partial charge is 0.355 e. The first-order chi connectivity index (χ1) is 6.54. The molecule has 0 fully saturated rings. The van der Waals surface area contributed by atoms with Gasteiger partial charge < -0.3 is 4.52 Å². The molecule has 0 saturated heterocycles. The van der Waals surface area contributed by atoms with Crippen LogP contribution < -0.4 is 0 Å². The summed E-state index contributed by atoms with van der Waals surface area (Å²) in [6.07, 6.45) is 4.53. The summed E-state index contributed by atoms with van der Waals surface area (Å²) in [5.41, 5.74) is 3.06. The van der Waals surface area contributed by atoms with E-state index in [9.17, 15) is 0 Å². The van der Waals surface area contributed by atoms with Gasteiger partial charge in [-0.25, -0.2) is 0 Å². The highest BCUT2D eigenvalue weighted by Crippen LogP contribution is 2.22. The summed E-state index contributed by atoms with van der Waals surface area (Å²) in [5.74, 6) is 0. The molecule has 3 heteroatoms. The van der Waals surface area contributed by atoms with E-state index in [4.69, 9.17) is 4.52 Å². The molecule has 0 aliphatic rings. The summed E-state index contributed by atoms with van der Waals surface area (Å²) in [7, 11) is 0. The van der Waals surface area contributed by atoms with E-state index in [2.05, 4.69) is 30.9 Å². The summed E-state index contributed by atoms with van der Waals surface area (Å²) < 4.78 is 5.06. The third-order valence-corrected chi connectivity index (χ3v) is 2.00. The zero-order valence-corrected chi connectivity index (χ0v) is 8.74. The van der Waals surface area contributed by atoms with E-state index in [0.717, 1.165) is 17.5 Å². The molecule has 0 aromatic carbocycles. The molecular weight excluding hydrogens is 176 g/mol. The molecule has 0 unspecified atom stereocenters. The molecule has 2 aromatic rings. The van der Waals surface area contributed by atoms with Crippen molar-refractivity contribution >= 4 is 11.1 Å². The third kappa shape index (κ3) is 1.92. The maximum absolute atomic E-state index is 5.06. The molecule has 0 bridgehead atoms. The molecule has 3 nitrogen and oxygen atoms in total. The first kappa shape index (κ1) is 9.19.